The molecule has 30 heavy (non-hydrogen) atoms. The van der Waals surface area contributed by atoms with Crippen LogP contribution in [0.4, 0.5) is 0 Å². The summed E-state index contributed by atoms with van der Waals surface area (Å²) in [6.45, 7) is 7.84. The minimum absolute atomic E-state index is 0.000354. The van der Waals surface area contributed by atoms with Crippen LogP contribution in [0.1, 0.15) is 44.7 Å². The van der Waals surface area contributed by atoms with Gasteiger partial charge in [-0.05, 0) is 55.0 Å². The molecule has 162 valence electrons. The Kier molecular flexibility index (Phi) is 9.90. The molecule has 0 saturated carbocycles. The lowest BCUT2D eigenvalue weighted by Crippen LogP contribution is -2.52. The van der Waals surface area contributed by atoms with Crippen LogP contribution in [0.25, 0.3) is 0 Å². The molecular formula is C25H31Cl2NO2. The summed E-state index contributed by atoms with van der Waals surface area (Å²) < 4.78 is 0. The van der Waals surface area contributed by atoms with E-state index in [9.17, 15) is 9.90 Å². The Morgan fingerprint density at radius 2 is 1.67 bits per heavy atom. The maximum atomic E-state index is 13.0. The number of allylic oxidation sites excluding steroid dienone is 1. The van der Waals surface area contributed by atoms with Crippen LogP contribution in [0.5, 0.6) is 0 Å². The molecule has 3 rings (SSSR count). The highest BCUT2D eigenvalue weighted by molar-refractivity contribution is 6.30. The summed E-state index contributed by atoms with van der Waals surface area (Å²) in [5.41, 5.74) is 1.08. The molecule has 1 aliphatic rings. The molecule has 2 aromatic rings. The Morgan fingerprint density at radius 3 is 2.13 bits per heavy atom. The first-order chi connectivity index (χ1) is 14.4. The Hall–Kier alpha value is -1.81. The van der Waals surface area contributed by atoms with Crippen molar-refractivity contribution in [1.82, 2.24) is 4.90 Å². The van der Waals surface area contributed by atoms with E-state index in [4.69, 9.17) is 23.2 Å². The molecule has 1 N–H and O–H groups in total. The van der Waals surface area contributed by atoms with Gasteiger partial charge in [0.1, 0.15) is 0 Å². The molecule has 0 aromatic heterocycles. The largest absolute Gasteiger partial charge is 0.394 e. The molecule has 1 amide bonds. The van der Waals surface area contributed by atoms with Gasteiger partial charge in [0.15, 0.2) is 0 Å². The first-order valence-corrected chi connectivity index (χ1v) is 11.1. The van der Waals surface area contributed by atoms with E-state index in [0.717, 1.165) is 23.4 Å². The van der Waals surface area contributed by atoms with E-state index in [2.05, 4.69) is 6.58 Å². The average Bonchev–Trinajstić information content (AvgIpc) is 2.73. The van der Waals surface area contributed by atoms with E-state index < -0.39 is 0 Å². The SMILES string of the molecule is C=CCC1CCC(c2ccc(Cl)cc2)N(C(CO)C(C)C)C1=O.Clc1ccccc1. The number of benzene rings is 2. The Labute approximate surface area is 190 Å². The van der Waals surface area contributed by atoms with Gasteiger partial charge in [0.05, 0.1) is 18.7 Å². The van der Waals surface area contributed by atoms with Gasteiger partial charge >= 0.3 is 0 Å². The molecule has 1 saturated heterocycles. The monoisotopic (exact) mass is 447 g/mol. The minimum Gasteiger partial charge on any atom is -0.394 e. The number of aliphatic hydroxyl groups is 1. The van der Waals surface area contributed by atoms with Crippen molar-refractivity contribution in [1.29, 1.82) is 0 Å². The lowest BCUT2D eigenvalue weighted by molar-refractivity contribution is -0.148. The molecular weight excluding hydrogens is 417 g/mol. The van der Waals surface area contributed by atoms with E-state index in [-0.39, 0.29) is 36.4 Å². The van der Waals surface area contributed by atoms with Gasteiger partial charge in [-0.3, -0.25) is 4.79 Å². The van der Waals surface area contributed by atoms with Crippen molar-refractivity contribution in [3.8, 4) is 0 Å². The van der Waals surface area contributed by atoms with Gasteiger partial charge in [-0.15, -0.1) is 6.58 Å². The molecule has 0 bridgehead atoms. The molecule has 0 radical (unpaired) electrons. The van der Waals surface area contributed by atoms with Crippen LogP contribution >= 0.6 is 23.2 Å². The lowest BCUT2D eigenvalue weighted by Gasteiger charge is -2.45. The van der Waals surface area contributed by atoms with Crippen molar-refractivity contribution in [2.45, 2.75) is 45.2 Å². The molecule has 1 aliphatic heterocycles. The highest BCUT2D eigenvalue weighted by atomic mass is 35.5. The third-order valence-electron chi connectivity index (χ3n) is 5.48. The summed E-state index contributed by atoms with van der Waals surface area (Å²) >= 11 is 11.5. The second kappa shape index (κ2) is 12.1. The van der Waals surface area contributed by atoms with Crippen molar-refractivity contribution in [3.63, 3.8) is 0 Å². The highest BCUT2D eigenvalue weighted by Crippen LogP contribution is 2.38. The zero-order valence-corrected chi connectivity index (χ0v) is 19.2. The van der Waals surface area contributed by atoms with Gasteiger partial charge in [-0.25, -0.2) is 0 Å². The molecule has 1 heterocycles. The zero-order chi connectivity index (χ0) is 22.1. The fourth-order valence-corrected chi connectivity index (χ4v) is 4.12. The number of aliphatic hydroxyl groups excluding tert-OH is 1. The third-order valence-corrected chi connectivity index (χ3v) is 5.98. The first kappa shape index (κ1) is 24.5. The van der Waals surface area contributed by atoms with E-state index in [1.165, 1.54) is 0 Å². The Morgan fingerprint density at radius 1 is 1.07 bits per heavy atom. The molecule has 1 fully saturated rings. The van der Waals surface area contributed by atoms with Gasteiger partial charge in [0.25, 0.3) is 0 Å². The van der Waals surface area contributed by atoms with E-state index in [0.29, 0.717) is 11.4 Å². The molecule has 5 heteroatoms. The second-order valence-corrected chi connectivity index (χ2v) is 8.77. The number of likely N-dealkylation sites (tertiary alicyclic amines) is 1. The summed E-state index contributed by atoms with van der Waals surface area (Å²) in [4.78, 5) is 14.9. The summed E-state index contributed by atoms with van der Waals surface area (Å²) in [6.07, 6.45) is 4.26. The Bertz CT molecular complexity index is 793. The molecule has 3 atom stereocenters. The molecule has 2 aromatic carbocycles. The van der Waals surface area contributed by atoms with Crippen molar-refractivity contribution in [2.24, 2.45) is 11.8 Å². The second-order valence-electron chi connectivity index (χ2n) is 7.90. The van der Waals surface area contributed by atoms with Crippen LogP contribution < -0.4 is 0 Å². The van der Waals surface area contributed by atoms with Crippen molar-refractivity contribution < 1.29 is 9.90 Å². The van der Waals surface area contributed by atoms with Crippen molar-refractivity contribution in [3.05, 3.63) is 82.9 Å². The van der Waals surface area contributed by atoms with E-state index in [1.54, 1.807) is 0 Å². The van der Waals surface area contributed by atoms with Gasteiger partial charge in [0.2, 0.25) is 5.91 Å². The van der Waals surface area contributed by atoms with Gasteiger partial charge in [0, 0.05) is 16.0 Å². The number of nitrogens with zero attached hydrogens (tertiary/aromatic N) is 1. The van der Waals surface area contributed by atoms with Crippen molar-refractivity contribution in [2.75, 3.05) is 6.61 Å². The van der Waals surface area contributed by atoms with Gasteiger partial charge < -0.3 is 10.0 Å². The van der Waals surface area contributed by atoms with Gasteiger partial charge in [-0.2, -0.15) is 0 Å². The van der Waals surface area contributed by atoms with Gasteiger partial charge in [-0.1, -0.05) is 73.5 Å². The smallest absolute Gasteiger partial charge is 0.226 e. The van der Waals surface area contributed by atoms with Crippen LogP contribution in [-0.4, -0.2) is 28.6 Å². The maximum Gasteiger partial charge on any atom is 0.226 e. The van der Waals surface area contributed by atoms with Crippen LogP contribution in [-0.2, 0) is 4.79 Å². The summed E-state index contributed by atoms with van der Waals surface area (Å²) in [7, 11) is 0. The average molecular weight is 448 g/mol. The van der Waals surface area contributed by atoms with Crippen LogP contribution in [0.2, 0.25) is 10.0 Å². The summed E-state index contributed by atoms with van der Waals surface area (Å²) in [5, 5.41) is 11.3. The Balaban J connectivity index is 0.000000386. The quantitative estimate of drug-likeness (QED) is 0.509. The number of carbonyl (C=O) groups is 1. The lowest BCUT2D eigenvalue weighted by atomic mass is 9.84. The number of carbonyl (C=O) groups excluding carboxylic acids is 1. The number of amides is 1. The van der Waals surface area contributed by atoms with Crippen molar-refractivity contribution >= 4 is 29.1 Å². The van der Waals surface area contributed by atoms with Crippen LogP contribution in [0, 0.1) is 11.8 Å². The number of rotatable bonds is 6. The fraction of sp³-hybridized carbons (Fsp3) is 0.400. The molecule has 0 aliphatic carbocycles. The summed E-state index contributed by atoms with van der Waals surface area (Å²) in [6, 6.07) is 17.0. The number of halogens is 2. The van der Waals surface area contributed by atoms with E-state index >= 15 is 0 Å². The normalized spacial score (nSPS) is 19.8. The highest BCUT2D eigenvalue weighted by Gasteiger charge is 2.40. The first-order valence-electron chi connectivity index (χ1n) is 10.4. The predicted molar refractivity (Wildman–Crippen MR) is 126 cm³/mol. The number of hydrogen-bond acceptors (Lipinski definition) is 2. The summed E-state index contributed by atoms with van der Waals surface area (Å²) in [5.74, 6) is 0.300. The number of hydrogen-bond donors (Lipinski definition) is 1. The standard InChI is InChI=1S/C19H26ClNO2.C6H5Cl/c1-4-5-15-8-11-17(14-6-9-16(20)10-7-14)21(19(15)23)18(12-22)13(2)3;7-6-4-2-1-3-5-6/h4,6-7,9-10,13,15,17-18,22H,1,5,8,11-12H2,2-3H3;1-5H. The molecule has 3 unspecified atom stereocenters. The van der Waals surface area contributed by atoms with Crippen LogP contribution in [0.15, 0.2) is 67.3 Å². The fourth-order valence-electron chi connectivity index (χ4n) is 3.85. The predicted octanol–water partition coefficient (Wildman–Crippen LogP) is 6.55. The minimum atomic E-state index is -0.171. The van der Waals surface area contributed by atoms with Crippen LogP contribution in [0.3, 0.4) is 0 Å². The van der Waals surface area contributed by atoms with E-state index in [1.807, 2.05) is 79.4 Å². The maximum absolute atomic E-state index is 13.0. The zero-order valence-electron chi connectivity index (χ0n) is 17.7. The number of piperidine rings is 1. The molecule has 3 nitrogen and oxygen atoms in total. The molecule has 0 spiro atoms. The topological polar surface area (TPSA) is 40.5 Å². The third kappa shape index (κ3) is 6.60.